The number of piperidine rings is 1. The fourth-order valence-electron chi connectivity index (χ4n) is 3.16. The largest absolute Gasteiger partial charge is 0.496 e. The monoisotopic (exact) mass is 301 g/mol. The number of aromatic nitrogens is 2. The van der Waals surface area contributed by atoms with E-state index in [1.165, 1.54) is 25.7 Å². The third kappa shape index (κ3) is 3.14. The molecule has 0 N–H and O–H groups in total. The smallest absolute Gasteiger partial charge is 0.241 e. The van der Waals surface area contributed by atoms with E-state index >= 15 is 0 Å². The molecule has 1 aliphatic heterocycles. The van der Waals surface area contributed by atoms with Crippen molar-refractivity contribution in [3.63, 3.8) is 0 Å². The van der Waals surface area contributed by atoms with Gasteiger partial charge in [-0.15, -0.1) is 0 Å². The number of para-hydroxylation sites is 1. The van der Waals surface area contributed by atoms with E-state index in [0.717, 1.165) is 24.4 Å². The molecule has 1 aliphatic rings. The first kappa shape index (κ1) is 15.0. The van der Waals surface area contributed by atoms with Crippen LogP contribution < -0.4 is 4.74 Å². The van der Waals surface area contributed by atoms with Crippen molar-refractivity contribution < 1.29 is 9.26 Å². The summed E-state index contributed by atoms with van der Waals surface area (Å²) in [5.74, 6) is 2.04. The maximum atomic E-state index is 5.46. The van der Waals surface area contributed by atoms with Gasteiger partial charge in [-0.1, -0.05) is 30.6 Å². The zero-order valence-electron chi connectivity index (χ0n) is 13.3. The summed E-state index contributed by atoms with van der Waals surface area (Å²) in [7, 11) is 1.65. The highest BCUT2D eigenvalue weighted by molar-refractivity contribution is 5.63. The van der Waals surface area contributed by atoms with Gasteiger partial charge in [-0.2, -0.15) is 4.98 Å². The van der Waals surface area contributed by atoms with Gasteiger partial charge in [-0.3, -0.25) is 4.90 Å². The van der Waals surface area contributed by atoms with E-state index in [1.54, 1.807) is 7.11 Å². The molecule has 3 rings (SSSR count). The first-order valence-electron chi connectivity index (χ1n) is 8.02. The van der Waals surface area contributed by atoms with Crippen LogP contribution in [0, 0.1) is 0 Å². The number of likely N-dealkylation sites (tertiary alicyclic amines) is 1. The van der Waals surface area contributed by atoms with Crippen molar-refractivity contribution in [3.8, 4) is 17.1 Å². The maximum Gasteiger partial charge on any atom is 0.241 e. The van der Waals surface area contributed by atoms with Crippen molar-refractivity contribution in [2.24, 2.45) is 0 Å². The highest BCUT2D eigenvalue weighted by Crippen LogP contribution is 2.28. The minimum atomic E-state index is 0.595. The van der Waals surface area contributed by atoms with Crippen molar-refractivity contribution in [1.82, 2.24) is 15.0 Å². The zero-order valence-corrected chi connectivity index (χ0v) is 13.3. The van der Waals surface area contributed by atoms with Gasteiger partial charge in [-0.25, -0.2) is 0 Å². The minimum Gasteiger partial charge on any atom is -0.496 e. The highest BCUT2D eigenvalue weighted by Gasteiger charge is 2.23. The third-order valence-corrected chi connectivity index (χ3v) is 4.37. The molecule has 0 radical (unpaired) electrons. The van der Waals surface area contributed by atoms with Crippen LogP contribution in [0.25, 0.3) is 11.4 Å². The van der Waals surface area contributed by atoms with Crippen molar-refractivity contribution >= 4 is 0 Å². The second kappa shape index (κ2) is 6.92. The van der Waals surface area contributed by atoms with Gasteiger partial charge < -0.3 is 9.26 Å². The Morgan fingerprint density at radius 1 is 1.32 bits per heavy atom. The molecule has 1 unspecified atom stereocenters. The van der Waals surface area contributed by atoms with Crippen LogP contribution >= 0.6 is 0 Å². The SMILES string of the molecule is CCC1CCCCN1Cc1nc(-c2ccccc2OC)no1. The summed E-state index contributed by atoms with van der Waals surface area (Å²) in [4.78, 5) is 7.01. The van der Waals surface area contributed by atoms with Crippen molar-refractivity contribution in [2.45, 2.75) is 45.2 Å². The lowest BCUT2D eigenvalue weighted by Gasteiger charge is -2.33. The average molecular weight is 301 g/mol. The molecule has 118 valence electrons. The lowest BCUT2D eigenvalue weighted by molar-refractivity contribution is 0.120. The normalized spacial score (nSPS) is 19.3. The van der Waals surface area contributed by atoms with Crippen LogP contribution in [0.1, 0.15) is 38.5 Å². The van der Waals surface area contributed by atoms with Crippen molar-refractivity contribution in [2.75, 3.05) is 13.7 Å². The van der Waals surface area contributed by atoms with Gasteiger partial charge in [0.1, 0.15) is 5.75 Å². The fraction of sp³-hybridized carbons (Fsp3) is 0.529. The zero-order chi connectivity index (χ0) is 15.4. The van der Waals surface area contributed by atoms with Gasteiger partial charge in [0.2, 0.25) is 11.7 Å². The number of rotatable bonds is 5. The summed E-state index contributed by atoms with van der Waals surface area (Å²) in [5, 5.41) is 4.12. The molecule has 2 aromatic rings. The lowest BCUT2D eigenvalue weighted by Crippen LogP contribution is -2.38. The van der Waals surface area contributed by atoms with Gasteiger partial charge in [0.25, 0.3) is 0 Å². The summed E-state index contributed by atoms with van der Waals surface area (Å²) in [5.41, 5.74) is 0.866. The van der Waals surface area contributed by atoms with E-state index < -0.39 is 0 Å². The van der Waals surface area contributed by atoms with Crippen LogP contribution in [-0.4, -0.2) is 34.7 Å². The average Bonchev–Trinajstić information content (AvgIpc) is 3.03. The Morgan fingerprint density at radius 2 is 2.18 bits per heavy atom. The summed E-state index contributed by atoms with van der Waals surface area (Å²) in [6, 6.07) is 8.37. The second-order valence-corrected chi connectivity index (χ2v) is 5.74. The molecule has 0 saturated carbocycles. The van der Waals surface area contributed by atoms with Gasteiger partial charge >= 0.3 is 0 Å². The Morgan fingerprint density at radius 3 is 3.00 bits per heavy atom. The molecule has 0 aliphatic carbocycles. The van der Waals surface area contributed by atoms with Crippen LogP contribution in [0.3, 0.4) is 0 Å². The predicted octanol–water partition coefficient (Wildman–Crippen LogP) is 3.51. The number of hydrogen-bond donors (Lipinski definition) is 0. The van der Waals surface area contributed by atoms with Crippen LogP contribution in [-0.2, 0) is 6.54 Å². The second-order valence-electron chi connectivity index (χ2n) is 5.74. The molecule has 0 amide bonds. The molecule has 0 bridgehead atoms. The van der Waals surface area contributed by atoms with E-state index in [4.69, 9.17) is 9.26 Å². The third-order valence-electron chi connectivity index (χ3n) is 4.37. The Labute approximate surface area is 131 Å². The highest BCUT2D eigenvalue weighted by atomic mass is 16.5. The molecule has 1 aromatic heterocycles. The summed E-state index contributed by atoms with van der Waals surface area (Å²) >= 11 is 0. The van der Waals surface area contributed by atoms with E-state index in [-0.39, 0.29) is 0 Å². The summed E-state index contributed by atoms with van der Waals surface area (Å²) in [6.07, 6.45) is 5.02. The molecule has 1 aromatic carbocycles. The van der Waals surface area contributed by atoms with Crippen LogP contribution in [0.4, 0.5) is 0 Å². The summed E-state index contributed by atoms with van der Waals surface area (Å²) in [6.45, 7) is 4.10. The van der Waals surface area contributed by atoms with Crippen molar-refractivity contribution in [1.29, 1.82) is 0 Å². The van der Waals surface area contributed by atoms with E-state index in [0.29, 0.717) is 17.8 Å². The number of methoxy groups -OCH3 is 1. The van der Waals surface area contributed by atoms with E-state index in [2.05, 4.69) is 22.0 Å². The molecule has 1 atom stereocenters. The number of hydrogen-bond acceptors (Lipinski definition) is 5. The van der Waals surface area contributed by atoms with Gasteiger partial charge in [0.05, 0.1) is 19.2 Å². The maximum absolute atomic E-state index is 5.46. The molecular weight excluding hydrogens is 278 g/mol. The molecule has 22 heavy (non-hydrogen) atoms. The molecule has 5 nitrogen and oxygen atoms in total. The van der Waals surface area contributed by atoms with Gasteiger partial charge in [-0.05, 0) is 37.9 Å². The quantitative estimate of drug-likeness (QED) is 0.846. The fourth-order valence-corrected chi connectivity index (χ4v) is 3.16. The Kier molecular flexibility index (Phi) is 4.73. The number of benzene rings is 1. The first-order valence-corrected chi connectivity index (χ1v) is 8.02. The van der Waals surface area contributed by atoms with Crippen LogP contribution in [0.5, 0.6) is 5.75 Å². The van der Waals surface area contributed by atoms with Crippen LogP contribution in [0.15, 0.2) is 28.8 Å². The first-order chi connectivity index (χ1) is 10.8. The molecule has 1 saturated heterocycles. The van der Waals surface area contributed by atoms with Crippen LogP contribution in [0.2, 0.25) is 0 Å². The number of ether oxygens (including phenoxy) is 1. The molecule has 2 heterocycles. The molecule has 1 fully saturated rings. The standard InChI is InChI=1S/C17H23N3O2/c1-3-13-8-6-7-11-20(13)12-16-18-17(19-22-16)14-9-4-5-10-15(14)21-2/h4-5,9-10,13H,3,6-8,11-12H2,1-2H3. The topological polar surface area (TPSA) is 51.4 Å². The van der Waals surface area contributed by atoms with Gasteiger partial charge in [0.15, 0.2) is 0 Å². The molecule has 5 heteroatoms. The summed E-state index contributed by atoms with van der Waals surface area (Å²) < 4.78 is 10.8. The Balaban J connectivity index is 1.76. The number of nitrogens with zero attached hydrogens (tertiary/aromatic N) is 3. The minimum absolute atomic E-state index is 0.595. The Bertz CT molecular complexity index is 611. The lowest BCUT2D eigenvalue weighted by atomic mass is 10.0. The molecule has 0 spiro atoms. The van der Waals surface area contributed by atoms with Gasteiger partial charge in [0, 0.05) is 6.04 Å². The van der Waals surface area contributed by atoms with E-state index in [9.17, 15) is 0 Å². The Hall–Kier alpha value is -1.88. The van der Waals surface area contributed by atoms with Crippen molar-refractivity contribution in [3.05, 3.63) is 30.2 Å². The van der Waals surface area contributed by atoms with E-state index in [1.807, 2.05) is 24.3 Å². The molecular formula is C17H23N3O2. The predicted molar refractivity (Wildman–Crippen MR) is 84.6 cm³/mol.